The van der Waals surface area contributed by atoms with Crippen LogP contribution in [0.1, 0.15) is 19.4 Å². The highest BCUT2D eigenvalue weighted by Crippen LogP contribution is 2.18. The number of fused-ring (bicyclic) bond motifs is 1. The summed E-state index contributed by atoms with van der Waals surface area (Å²) in [5, 5.41) is 4.13. The number of aromatic nitrogens is 1. The zero-order valence-corrected chi connectivity index (χ0v) is 9.58. The van der Waals surface area contributed by atoms with Crippen LogP contribution >= 0.6 is 0 Å². The van der Waals surface area contributed by atoms with Gasteiger partial charge in [0.2, 0.25) is 5.91 Å². The number of hydrogen-bond acceptors (Lipinski definition) is 1. The fourth-order valence-corrected chi connectivity index (χ4v) is 2.03. The van der Waals surface area contributed by atoms with Crippen LogP contribution in [0, 0.1) is 0 Å². The minimum atomic E-state index is 0.0207. The smallest absolute Gasteiger partial charge is 0.217 e. The second-order valence-corrected chi connectivity index (χ2v) is 4.17. The van der Waals surface area contributed by atoms with Crippen molar-refractivity contribution in [2.45, 2.75) is 26.3 Å². The molecule has 1 heterocycles. The van der Waals surface area contributed by atoms with E-state index in [4.69, 9.17) is 0 Å². The monoisotopic (exact) mass is 216 g/mol. The number of nitrogens with one attached hydrogen (secondary N) is 2. The van der Waals surface area contributed by atoms with Crippen LogP contribution in [-0.2, 0) is 11.2 Å². The third-order valence-corrected chi connectivity index (χ3v) is 2.65. The fourth-order valence-electron chi connectivity index (χ4n) is 2.03. The number of rotatable bonds is 3. The molecule has 84 valence electrons. The molecule has 1 aromatic heterocycles. The summed E-state index contributed by atoms with van der Waals surface area (Å²) in [6.45, 7) is 3.56. The number of benzene rings is 1. The Labute approximate surface area is 94.9 Å². The summed E-state index contributed by atoms with van der Waals surface area (Å²) in [6.07, 6.45) is 2.87. The molecule has 3 heteroatoms. The molecule has 2 N–H and O–H groups in total. The Morgan fingerprint density at radius 3 is 2.94 bits per heavy atom. The molecule has 0 spiro atoms. The molecule has 0 fully saturated rings. The highest BCUT2D eigenvalue weighted by molar-refractivity contribution is 5.83. The predicted octanol–water partition coefficient (Wildman–Crippen LogP) is 2.24. The van der Waals surface area contributed by atoms with Crippen molar-refractivity contribution in [1.29, 1.82) is 0 Å². The van der Waals surface area contributed by atoms with Crippen LogP contribution in [0.4, 0.5) is 0 Å². The molecular weight excluding hydrogens is 200 g/mol. The van der Waals surface area contributed by atoms with Crippen LogP contribution in [-0.4, -0.2) is 16.9 Å². The molecule has 0 saturated carbocycles. The lowest BCUT2D eigenvalue weighted by molar-refractivity contribution is -0.119. The lowest BCUT2D eigenvalue weighted by Crippen LogP contribution is -2.31. The molecule has 0 unspecified atom stereocenters. The van der Waals surface area contributed by atoms with Gasteiger partial charge in [-0.15, -0.1) is 0 Å². The summed E-state index contributed by atoms with van der Waals surface area (Å²) < 4.78 is 0. The molecule has 0 aliphatic heterocycles. The van der Waals surface area contributed by atoms with Gasteiger partial charge in [-0.05, 0) is 25.0 Å². The summed E-state index contributed by atoms with van der Waals surface area (Å²) in [5.41, 5.74) is 2.39. The summed E-state index contributed by atoms with van der Waals surface area (Å²) in [5.74, 6) is 0.0207. The van der Waals surface area contributed by atoms with E-state index in [1.54, 1.807) is 6.92 Å². The van der Waals surface area contributed by atoms with E-state index in [0.29, 0.717) is 0 Å². The van der Waals surface area contributed by atoms with Crippen molar-refractivity contribution in [3.63, 3.8) is 0 Å². The van der Waals surface area contributed by atoms with Crippen molar-refractivity contribution in [2.24, 2.45) is 0 Å². The van der Waals surface area contributed by atoms with Crippen molar-refractivity contribution in [1.82, 2.24) is 10.3 Å². The van der Waals surface area contributed by atoms with Gasteiger partial charge in [-0.25, -0.2) is 0 Å². The van der Waals surface area contributed by atoms with E-state index in [0.717, 1.165) is 11.9 Å². The average molecular weight is 216 g/mol. The van der Waals surface area contributed by atoms with Gasteiger partial charge in [0.05, 0.1) is 0 Å². The highest BCUT2D eigenvalue weighted by Gasteiger charge is 2.08. The number of hydrogen-bond donors (Lipinski definition) is 2. The van der Waals surface area contributed by atoms with E-state index in [1.807, 2.05) is 25.3 Å². The Kier molecular flexibility index (Phi) is 2.95. The summed E-state index contributed by atoms with van der Waals surface area (Å²) >= 11 is 0. The molecule has 0 aliphatic rings. The first-order chi connectivity index (χ1) is 7.66. The number of carbonyl (C=O) groups excluding carboxylic acids is 1. The number of amides is 1. The maximum atomic E-state index is 10.9. The first kappa shape index (κ1) is 10.7. The normalized spacial score (nSPS) is 12.6. The molecule has 0 bridgehead atoms. The second kappa shape index (κ2) is 4.39. The Morgan fingerprint density at radius 1 is 1.44 bits per heavy atom. The first-order valence-electron chi connectivity index (χ1n) is 5.49. The molecule has 1 amide bonds. The Morgan fingerprint density at radius 2 is 2.19 bits per heavy atom. The van der Waals surface area contributed by atoms with Gasteiger partial charge in [0, 0.05) is 30.1 Å². The third-order valence-electron chi connectivity index (χ3n) is 2.65. The standard InChI is InChI=1S/C13H16N2O/c1-9(15-10(2)16)7-11-8-14-13-6-4-3-5-12(11)13/h3-6,8-9,14H,7H2,1-2H3,(H,15,16)/t9-/m0/s1. The fraction of sp³-hybridized carbons (Fsp3) is 0.308. The Bertz CT molecular complexity index is 501. The molecule has 1 aromatic carbocycles. The minimum absolute atomic E-state index is 0.0207. The van der Waals surface area contributed by atoms with Gasteiger partial charge in [0.15, 0.2) is 0 Å². The van der Waals surface area contributed by atoms with Crippen molar-refractivity contribution in [3.05, 3.63) is 36.0 Å². The Balaban J connectivity index is 2.18. The van der Waals surface area contributed by atoms with Crippen molar-refractivity contribution in [2.75, 3.05) is 0 Å². The van der Waals surface area contributed by atoms with Crippen LogP contribution in [0.3, 0.4) is 0 Å². The van der Waals surface area contributed by atoms with Gasteiger partial charge < -0.3 is 10.3 Å². The summed E-state index contributed by atoms with van der Waals surface area (Å²) in [7, 11) is 0. The minimum Gasteiger partial charge on any atom is -0.361 e. The maximum Gasteiger partial charge on any atom is 0.217 e. The van der Waals surface area contributed by atoms with Crippen molar-refractivity contribution < 1.29 is 4.79 Å². The zero-order valence-electron chi connectivity index (χ0n) is 9.58. The Hall–Kier alpha value is -1.77. The molecule has 3 nitrogen and oxygen atoms in total. The molecule has 0 radical (unpaired) electrons. The van der Waals surface area contributed by atoms with E-state index in [2.05, 4.69) is 22.4 Å². The van der Waals surface area contributed by atoms with Gasteiger partial charge in [0.1, 0.15) is 0 Å². The quantitative estimate of drug-likeness (QED) is 0.812. The SMILES string of the molecule is CC(=O)N[C@@H](C)Cc1c[nH]c2ccccc12. The van der Waals surface area contributed by atoms with Crippen LogP contribution in [0.5, 0.6) is 0 Å². The number of H-pyrrole nitrogens is 1. The predicted molar refractivity (Wildman–Crippen MR) is 65.3 cm³/mol. The zero-order chi connectivity index (χ0) is 11.5. The van der Waals surface area contributed by atoms with Crippen molar-refractivity contribution >= 4 is 16.8 Å². The first-order valence-corrected chi connectivity index (χ1v) is 5.49. The number of carbonyl (C=O) groups is 1. The van der Waals surface area contributed by atoms with E-state index >= 15 is 0 Å². The summed E-state index contributed by atoms with van der Waals surface area (Å²) in [6, 6.07) is 8.36. The molecular formula is C13H16N2O. The molecule has 16 heavy (non-hydrogen) atoms. The molecule has 0 aliphatic carbocycles. The molecule has 1 atom stereocenters. The third kappa shape index (κ3) is 2.24. The molecule has 0 saturated heterocycles. The van der Waals surface area contributed by atoms with E-state index in [9.17, 15) is 4.79 Å². The lowest BCUT2D eigenvalue weighted by atomic mass is 10.1. The van der Waals surface area contributed by atoms with Crippen LogP contribution in [0.2, 0.25) is 0 Å². The molecule has 2 rings (SSSR count). The number of aromatic amines is 1. The lowest BCUT2D eigenvalue weighted by Gasteiger charge is -2.11. The largest absolute Gasteiger partial charge is 0.361 e. The van der Waals surface area contributed by atoms with E-state index in [-0.39, 0.29) is 11.9 Å². The highest BCUT2D eigenvalue weighted by atomic mass is 16.1. The van der Waals surface area contributed by atoms with E-state index < -0.39 is 0 Å². The summed E-state index contributed by atoms with van der Waals surface area (Å²) in [4.78, 5) is 14.2. The average Bonchev–Trinajstić information content (AvgIpc) is 2.61. The number of para-hydroxylation sites is 1. The van der Waals surface area contributed by atoms with E-state index in [1.165, 1.54) is 10.9 Å². The van der Waals surface area contributed by atoms with Gasteiger partial charge in [-0.1, -0.05) is 18.2 Å². The maximum absolute atomic E-state index is 10.9. The van der Waals surface area contributed by atoms with Gasteiger partial charge >= 0.3 is 0 Å². The van der Waals surface area contributed by atoms with Crippen LogP contribution in [0.25, 0.3) is 10.9 Å². The van der Waals surface area contributed by atoms with Crippen LogP contribution < -0.4 is 5.32 Å². The van der Waals surface area contributed by atoms with Gasteiger partial charge in [-0.2, -0.15) is 0 Å². The van der Waals surface area contributed by atoms with Gasteiger partial charge in [0.25, 0.3) is 0 Å². The second-order valence-electron chi connectivity index (χ2n) is 4.17. The molecule has 2 aromatic rings. The topological polar surface area (TPSA) is 44.9 Å². The van der Waals surface area contributed by atoms with Crippen LogP contribution in [0.15, 0.2) is 30.5 Å². The van der Waals surface area contributed by atoms with Gasteiger partial charge in [-0.3, -0.25) is 4.79 Å². The van der Waals surface area contributed by atoms with Crippen molar-refractivity contribution in [3.8, 4) is 0 Å².